The first-order valence-electron chi connectivity index (χ1n) is 6.54. The van der Waals surface area contributed by atoms with Crippen molar-refractivity contribution in [3.05, 3.63) is 70.3 Å². The van der Waals surface area contributed by atoms with Crippen LogP contribution in [0.2, 0.25) is 0 Å². The summed E-state index contributed by atoms with van der Waals surface area (Å²) < 4.78 is 0. The molecule has 0 amide bonds. The zero-order valence-corrected chi connectivity index (χ0v) is 11.4. The SMILES string of the molecule is CCc1ccccc1C=Cc1cccc(C)c1C. The highest BCUT2D eigenvalue weighted by Gasteiger charge is 1.98. The second-order valence-corrected chi connectivity index (χ2v) is 4.67. The average Bonchev–Trinajstić information content (AvgIpc) is 2.41. The van der Waals surface area contributed by atoms with Crippen LogP contribution < -0.4 is 0 Å². The van der Waals surface area contributed by atoms with Crippen LogP contribution in [0.15, 0.2) is 42.5 Å². The van der Waals surface area contributed by atoms with E-state index < -0.39 is 0 Å². The molecule has 0 saturated heterocycles. The third kappa shape index (κ3) is 2.70. The Hall–Kier alpha value is -1.82. The molecule has 2 aromatic rings. The van der Waals surface area contributed by atoms with Gasteiger partial charge in [-0.25, -0.2) is 0 Å². The van der Waals surface area contributed by atoms with Crippen LogP contribution in [-0.4, -0.2) is 0 Å². The van der Waals surface area contributed by atoms with Crippen molar-refractivity contribution >= 4 is 12.2 Å². The molecule has 0 aliphatic heterocycles. The number of benzene rings is 2. The van der Waals surface area contributed by atoms with Gasteiger partial charge in [0, 0.05) is 0 Å². The van der Waals surface area contributed by atoms with E-state index in [0.29, 0.717) is 0 Å². The van der Waals surface area contributed by atoms with Gasteiger partial charge in [0.2, 0.25) is 0 Å². The summed E-state index contributed by atoms with van der Waals surface area (Å²) in [4.78, 5) is 0. The van der Waals surface area contributed by atoms with Crippen LogP contribution in [0.5, 0.6) is 0 Å². The van der Waals surface area contributed by atoms with Crippen molar-refractivity contribution < 1.29 is 0 Å². The Morgan fingerprint density at radius 1 is 0.833 bits per heavy atom. The predicted molar refractivity (Wildman–Crippen MR) is 80.7 cm³/mol. The zero-order valence-electron chi connectivity index (χ0n) is 11.4. The molecule has 2 rings (SSSR count). The van der Waals surface area contributed by atoms with E-state index in [9.17, 15) is 0 Å². The summed E-state index contributed by atoms with van der Waals surface area (Å²) in [7, 11) is 0. The molecule has 0 aliphatic rings. The Labute approximate surface area is 110 Å². The van der Waals surface area contributed by atoms with E-state index in [1.54, 1.807) is 0 Å². The highest BCUT2D eigenvalue weighted by atomic mass is 14.0. The maximum atomic E-state index is 2.22. The number of aryl methyl sites for hydroxylation is 2. The summed E-state index contributed by atoms with van der Waals surface area (Å²) in [6.07, 6.45) is 5.52. The molecule has 0 heteroatoms. The minimum absolute atomic E-state index is 1.08. The van der Waals surface area contributed by atoms with Gasteiger partial charge >= 0.3 is 0 Å². The number of rotatable bonds is 3. The standard InChI is InChI=1S/C18H20/c1-4-16-9-5-6-10-18(16)13-12-17-11-7-8-14(2)15(17)3/h5-13H,4H2,1-3H3. The molecule has 0 heterocycles. The van der Waals surface area contributed by atoms with Crippen molar-refractivity contribution in [3.63, 3.8) is 0 Å². The Morgan fingerprint density at radius 3 is 2.28 bits per heavy atom. The van der Waals surface area contributed by atoms with Crippen LogP contribution in [0.1, 0.15) is 34.7 Å². The fraction of sp³-hybridized carbons (Fsp3) is 0.222. The van der Waals surface area contributed by atoms with Gasteiger partial charge in [-0.3, -0.25) is 0 Å². The van der Waals surface area contributed by atoms with Crippen molar-refractivity contribution in [3.8, 4) is 0 Å². The fourth-order valence-electron chi connectivity index (χ4n) is 2.15. The molecule has 0 saturated carbocycles. The molecule has 92 valence electrons. The van der Waals surface area contributed by atoms with Crippen molar-refractivity contribution in [2.24, 2.45) is 0 Å². The molecule has 0 aliphatic carbocycles. The molecule has 0 atom stereocenters. The lowest BCUT2D eigenvalue weighted by molar-refractivity contribution is 1.13. The maximum Gasteiger partial charge on any atom is -0.0224 e. The quantitative estimate of drug-likeness (QED) is 0.655. The Balaban J connectivity index is 2.33. The van der Waals surface area contributed by atoms with Crippen molar-refractivity contribution in [1.29, 1.82) is 0 Å². The van der Waals surface area contributed by atoms with Gasteiger partial charge in [-0.2, -0.15) is 0 Å². The molecular formula is C18H20. The second-order valence-electron chi connectivity index (χ2n) is 4.67. The van der Waals surface area contributed by atoms with Gasteiger partial charge in [-0.1, -0.05) is 61.5 Å². The Bertz CT molecular complexity index is 562. The fourth-order valence-corrected chi connectivity index (χ4v) is 2.15. The molecule has 18 heavy (non-hydrogen) atoms. The highest BCUT2D eigenvalue weighted by Crippen LogP contribution is 2.17. The first kappa shape index (κ1) is 12.6. The van der Waals surface area contributed by atoms with Gasteiger partial charge in [-0.15, -0.1) is 0 Å². The Morgan fingerprint density at radius 2 is 1.50 bits per heavy atom. The molecular weight excluding hydrogens is 216 g/mol. The van der Waals surface area contributed by atoms with Crippen molar-refractivity contribution in [2.45, 2.75) is 27.2 Å². The van der Waals surface area contributed by atoms with Gasteiger partial charge in [0.1, 0.15) is 0 Å². The summed E-state index contributed by atoms with van der Waals surface area (Å²) in [5, 5.41) is 0. The van der Waals surface area contributed by atoms with Crippen LogP contribution in [-0.2, 0) is 6.42 Å². The van der Waals surface area contributed by atoms with E-state index in [-0.39, 0.29) is 0 Å². The average molecular weight is 236 g/mol. The van der Waals surface area contributed by atoms with Gasteiger partial charge in [0.25, 0.3) is 0 Å². The topological polar surface area (TPSA) is 0 Å². The van der Waals surface area contributed by atoms with Crippen LogP contribution >= 0.6 is 0 Å². The van der Waals surface area contributed by atoms with Crippen LogP contribution in [0.25, 0.3) is 12.2 Å². The van der Waals surface area contributed by atoms with Crippen LogP contribution in [0.3, 0.4) is 0 Å². The van der Waals surface area contributed by atoms with Crippen LogP contribution in [0, 0.1) is 13.8 Å². The summed E-state index contributed by atoms with van der Waals surface area (Å²) in [5.41, 5.74) is 6.74. The predicted octanol–water partition coefficient (Wildman–Crippen LogP) is 5.04. The molecule has 0 N–H and O–H groups in total. The summed E-state index contributed by atoms with van der Waals surface area (Å²) in [6.45, 7) is 6.54. The van der Waals surface area contributed by atoms with Gasteiger partial charge < -0.3 is 0 Å². The molecule has 0 aromatic heterocycles. The molecule has 0 unspecified atom stereocenters. The molecule has 0 bridgehead atoms. The minimum Gasteiger partial charge on any atom is -0.0620 e. The van der Waals surface area contributed by atoms with Crippen molar-refractivity contribution in [2.75, 3.05) is 0 Å². The van der Waals surface area contributed by atoms with Gasteiger partial charge in [-0.05, 0) is 48.1 Å². The first-order valence-corrected chi connectivity index (χ1v) is 6.54. The van der Waals surface area contributed by atoms with Gasteiger partial charge in [0.05, 0.1) is 0 Å². The first-order chi connectivity index (χ1) is 8.72. The van der Waals surface area contributed by atoms with Crippen molar-refractivity contribution in [1.82, 2.24) is 0 Å². The van der Waals surface area contributed by atoms with Gasteiger partial charge in [0.15, 0.2) is 0 Å². The molecule has 0 spiro atoms. The second kappa shape index (κ2) is 5.68. The number of hydrogen-bond acceptors (Lipinski definition) is 0. The zero-order chi connectivity index (χ0) is 13.0. The minimum atomic E-state index is 1.08. The number of hydrogen-bond donors (Lipinski definition) is 0. The molecule has 0 nitrogen and oxygen atoms in total. The molecule has 0 fully saturated rings. The van der Waals surface area contributed by atoms with E-state index in [1.165, 1.54) is 27.8 Å². The summed E-state index contributed by atoms with van der Waals surface area (Å²) in [6, 6.07) is 15.0. The van der Waals surface area contributed by atoms with E-state index in [4.69, 9.17) is 0 Å². The maximum absolute atomic E-state index is 2.22. The van der Waals surface area contributed by atoms with E-state index in [1.807, 2.05) is 0 Å². The summed E-state index contributed by atoms with van der Waals surface area (Å²) >= 11 is 0. The smallest absolute Gasteiger partial charge is 0.0224 e. The normalized spacial score (nSPS) is 11.1. The Kier molecular flexibility index (Phi) is 3.99. The third-order valence-electron chi connectivity index (χ3n) is 3.52. The highest BCUT2D eigenvalue weighted by molar-refractivity contribution is 5.72. The van der Waals surface area contributed by atoms with E-state index in [0.717, 1.165) is 6.42 Å². The summed E-state index contributed by atoms with van der Waals surface area (Å²) in [5.74, 6) is 0. The van der Waals surface area contributed by atoms with E-state index in [2.05, 4.69) is 75.4 Å². The molecule has 0 radical (unpaired) electrons. The molecule has 2 aromatic carbocycles. The lowest BCUT2D eigenvalue weighted by atomic mass is 10.0. The van der Waals surface area contributed by atoms with E-state index >= 15 is 0 Å². The largest absolute Gasteiger partial charge is 0.0620 e. The lowest BCUT2D eigenvalue weighted by Crippen LogP contribution is -1.86. The van der Waals surface area contributed by atoms with Crippen LogP contribution in [0.4, 0.5) is 0 Å². The lowest BCUT2D eigenvalue weighted by Gasteiger charge is -2.05. The third-order valence-corrected chi connectivity index (χ3v) is 3.52. The monoisotopic (exact) mass is 236 g/mol.